The van der Waals surface area contributed by atoms with Gasteiger partial charge in [0.25, 0.3) is 5.91 Å². The molecule has 2 N–H and O–H groups in total. The van der Waals surface area contributed by atoms with E-state index in [1.165, 1.54) is 6.42 Å². The topological polar surface area (TPSA) is 53.6 Å². The minimum absolute atomic E-state index is 0.0658. The smallest absolute Gasteiger partial charge is 0.277 e. The van der Waals surface area contributed by atoms with Gasteiger partial charge in [-0.15, -0.1) is 0 Å². The fourth-order valence-electron chi connectivity index (χ4n) is 2.49. The molecule has 2 heterocycles. The number of benzene rings is 1. The van der Waals surface area contributed by atoms with E-state index in [-0.39, 0.29) is 5.91 Å². The molecule has 102 valence electrons. The maximum absolute atomic E-state index is 12.2. The lowest BCUT2D eigenvalue weighted by atomic mass is 10.2. The predicted molar refractivity (Wildman–Crippen MR) is 72.9 cm³/mol. The molecule has 19 heavy (non-hydrogen) atoms. The maximum atomic E-state index is 12.2. The second-order valence-electron chi connectivity index (χ2n) is 5.01. The van der Waals surface area contributed by atoms with Crippen LogP contribution in [0.2, 0.25) is 0 Å². The minimum Gasteiger partial charge on any atom is -0.476 e. The van der Waals surface area contributed by atoms with Gasteiger partial charge in [0.1, 0.15) is 5.75 Å². The Balaban J connectivity index is 1.59. The van der Waals surface area contributed by atoms with Gasteiger partial charge in [0.05, 0.1) is 12.2 Å². The molecule has 1 aromatic carbocycles. The molecule has 0 bridgehead atoms. The van der Waals surface area contributed by atoms with Crippen LogP contribution in [-0.4, -0.2) is 36.7 Å². The van der Waals surface area contributed by atoms with Gasteiger partial charge < -0.3 is 10.1 Å². The number of anilines is 1. The van der Waals surface area contributed by atoms with Crippen LogP contribution in [0.4, 0.5) is 5.69 Å². The molecule has 2 aliphatic heterocycles. The number of nitrogens with zero attached hydrogens (tertiary/aromatic N) is 1. The Kier molecular flexibility index (Phi) is 3.55. The Bertz CT molecular complexity index is 458. The number of piperidine rings is 1. The van der Waals surface area contributed by atoms with Crippen molar-refractivity contribution in [2.45, 2.75) is 25.4 Å². The standard InChI is InChI=1S/C14H19N3O2/c18-14(16-17-8-4-1-5-9-17)13-10-15-11-6-2-3-7-12(11)19-13/h2-3,6-7,13,15H,1,4-5,8-10H2,(H,16,18). The van der Waals surface area contributed by atoms with E-state index in [1.54, 1.807) is 0 Å². The molecule has 1 aromatic rings. The molecule has 0 aromatic heterocycles. The summed E-state index contributed by atoms with van der Waals surface area (Å²) >= 11 is 0. The highest BCUT2D eigenvalue weighted by Crippen LogP contribution is 2.28. The summed E-state index contributed by atoms with van der Waals surface area (Å²) in [7, 11) is 0. The highest BCUT2D eigenvalue weighted by atomic mass is 16.5. The van der Waals surface area contributed by atoms with Gasteiger partial charge in [0, 0.05) is 13.1 Å². The first-order valence-electron chi connectivity index (χ1n) is 6.88. The van der Waals surface area contributed by atoms with Crippen molar-refractivity contribution in [1.29, 1.82) is 0 Å². The molecule has 5 nitrogen and oxygen atoms in total. The van der Waals surface area contributed by atoms with Gasteiger partial charge in [-0.2, -0.15) is 0 Å². The van der Waals surface area contributed by atoms with Gasteiger partial charge in [-0.3, -0.25) is 10.2 Å². The van der Waals surface area contributed by atoms with Crippen LogP contribution >= 0.6 is 0 Å². The van der Waals surface area contributed by atoms with Crippen LogP contribution in [0.25, 0.3) is 0 Å². The number of hydrogen-bond acceptors (Lipinski definition) is 4. The molecule has 5 heteroatoms. The third kappa shape index (κ3) is 2.81. The number of fused-ring (bicyclic) bond motifs is 1. The van der Waals surface area contributed by atoms with Crippen molar-refractivity contribution in [3.63, 3.8) is 0 Å². The van der Waals surface area contributed by atoms with Crippen molar-refractivity contribution < 1.29 is 9.53 Å². The van der Waals surface area contributed by atoms with Crippen molar-refractivity contribution in [2.75, 3.05) is 25.0 Å². The van der Waals surface area contributed by atoms with Crippen LogP contribution in [0, 0.1) is 0 Å². The first kappa shape index (κ1) is 12.3. The quantitative estimate of drug-likeness (QED) is 0.844. The van der Waals surface area contributed by atoms with Crippen molar-refractivity contribution >= 4 is 11.6 Å². The predicted octanol–water partition coefficient (Wildman–Crippen LogP) is 1.38. The Morgan fingerprint density at radius 3 is 2.89 bits per heavy atom. The fourth-order valence-corrected chi connectivity index (χ4v) is 2.49. The molecule has 1 unspecified atom stereocenters. The zero-order valence-electron chi connectivity index (χ0n) is 10.9. The van der Waals surface area contributed by atoms with Gasteiger partial charge in [-0.05, 0) is 25.0 Å². The summed E-state index contributed by atoms with van der Waals surface area (Å²) in [6.45, 7) is 2.38. The molecular formula is C14H19N3O2. The summed E-state index contributed by atoms with van der Waals surface area (Å²) in [6, 6.07) is 7.69. The Hall–Kier alpha value is -1.75. The Morgan fingerprint density at radius 2 is 2.05 bits per heavy atom. The van der Waals surface area contributed by atoms with E-state index in [1.807, 2.05) is 29.3 Å². The van der Waals surface area contributed by atoms with E-state index in [0.29, 0.717) is 6.54 Å². The summed E-state index contributed by atoms with van der Waals surface area (Å²) in [5.41, 5.74) is 3.90. The molecule has 0 spiro atoms. The summed E-state index contributed by atoms with van der Waals surface area (Å²) < 4.78 is 5.73. The number of rotatable bonds is 2. The maximum Gasteiger partial charge on any atom is 0.277 e. The summed E-state index contributed by atoms with van der Waals surface area (Å²) in [5, 5.41) is 5.22. The molecule has 3 rings (SSSR count). The van der Waals surface area contributed by atoms with Crippen LogP contribution in [0.15, 0.2) is 24.3 Å². The number of amides is 1. The van der Waals surface area contributed by atoms with Crippen molar-refractivity contribution in [1.82, 2.24) is 10.4 Å². The monoisotopic (exact) mass is 261 g/mol. The SMILES string of the molecule is O=C(NN1CCCCC1)C1CNc2ccccc2O1. The van der Waals surface area contributed by atoms with E-state index in [2.05, 4.69) is 10.7 Å². The van der Waals surface area contributed by atoms with E-state index in [0.717, 1.165) is 37.4 Å². The number of hydrazine groups is 1. The first-order valence-corrected chi connectivity index (χ1v) is 6.88. The largest absolute Gasteiger partial charge is 0.476 e. The number of carbonyl (C=O) groups is 1. The molecular weight excluding hydrogens is 242 g/mol. The van der Waals surface area contributed by atoms with Crippen LogP contribution in [-0.2, 0) is 4.79 Å². The fraction of sp³-hybridized carbons (Fsp3) is 0.500. The number of hydrogen-bond donors (Lipinski definition) is 2. The lowest BCUT2D eigenvalue weighted by molar-refractivity contribution is -0.133. The molecule has 1 atom stereocenters. The molecule has 0 aliphatic carbocycles. The molecule has 0 radical (unpaired) electrons. The number of carbonyl (C=O) groups excluding carboxylic acids is 1. The zero-order chi connectivity index (χ0) is 13.1. The second-order valence-corrected chi connectivity index (χ2v) is 5.01. The Morgan fingerprint density at radius 1 is 1.26 bits per heavy atom. The van der Waals surface area contributed by atoms with Crippen molar-refractivity contribution in [3.8, 4) is 5.75 Å². The van der Waals surface area contributed by atoms with Crippen molar-refractivity contribution in [3.05, 3.63) is 24.3 Å². The average molecular weight is 261 g/mol. The summed E-state index contributed by atoms with van der Waals surface area (Å²) in [6.07, 6.45) is 3.08. The Labute approximate surface area is 112 Å². The van der Waals surface area contributed by atoms with Crippen LogP contribution in [0.3, 0.4) is 0 Å². The van der Waals surface area contributed by atoms with Gasteiger partial charge in [0.15, 0.2) is 6.10 Å². The highest BCUT2D eigenvalue weighted by Gasteiger charge is 2.27. The van der Waals surface area contributed by atoms with Crippen LogP contribution in [0.1, 0.15) is 19.3 Å². The van der Waals surface area contributed by atoms with E-state index >= 15 is 0 Å². The van der Waals surface area contributed by atoms with Gasteiger partial charge in [0.2, 0.25) is 0 Å². The first-order chi connectivity index (χ1) is 9.33. The third-order valence-corrected chi connectivity index (χ3v) is 3.55. The number of para-hydroxylation sites is 2. The number of nitrogens with one attached hydrogen (secondary N) is 2. The second kappa shape index (κ2) is 5.48. The molecule has 1 saturated heterocycles. The molecule has 1 fully saturated rings. The van der Waals surface area contributed by atoms with E-state index in [9.17, 15) is 4.79 Å². The highest BCUT2D eigenvalue weighted by molar-refractivity contribution is 5.82. The lowest BCUT2D eigenvalue weighted by Crippen LogP contribution is -2.52. The van der Waals surface area contributed by atoms with Gasteiger partial charge in [-0.1, -0.05) is 18.6 Å². The van der Waals surface area contributed by atoms with E-state index in [4.69, 9.17) is 4.74 Å². The van der Waals surface area contributed by atoms with Crippen LogP contribution < -0.4 is 15.5 Å². The zero-order valence-corrected chi connectivity index (χ0v) is 10.9. The molecule has 2 aliphatic rings. The molecule has 1 amide bonds. The summed E-state index contributed by atoms with van der Waals surface area (Å²) in [4.78, 5) is 12.2. The number of ether oxygens (including phenoxy) is 1. The molecule has 0 saturated carbocycles. The van der Waals surface area contributed by atoms with Crippen molar-refractivity contribution in [2.24, 2.45) is 0 Å². The average Bonchev–Trinajstić information content (AvgIpc) is 2.48. The van der Waals surface area contributed by atoms with Gasteiger partial charge in [-0.25, -0.2) is 5.01 Å². The lowest BCUT2D eigenvalue weighted by Gasteiger charge is -2.31. The van der Waals surface area contributed by atoms with Crippen LogP contribution in [0.5, 0.6) is 5.75 Å². The van der Waals surface area contributed by atoms with E-state index < -0.39 is 6.10 Å². The minimum atomic E-state index is -0.461. The normalized spacial score (nSPS) is 22.8. The third-order valence-electron chi connectivity index (χ3n) is 3.55. The summed E-state index contributed by atoms with van der Waals surface area (Å²) in [5.74, 6) is 0.677. The van der Waals surface area contributed by atoms with Gasteiger partial charge >= 0.3 is 0 Å².